The van der Waals surface area contributed by atoms with Crippen LogP contribution in [0.5, 0.6) is 0 Å². The molecule has 1 nitrogen and oxygen atoms in total. The van der Waals surface area contributed by atoms with Gasteiger partial charge < -0.3 is 12.9 Å². The van der Waals surface area contributed by atoms with E-state index in [-0.39, 0.29) is 57.9 Å². The van der Waals surface area contributed by atoms with Crippen LogP contribution in [0.15, 0.2) is 12.1 Å². The Morgan fingerprint density at radius 2 is 1.82 bits per heavy atom. The second kappa shape index (κ2) is 6.57. The van der Waals surface area contributed by atoms with Crippen LogP contribution in [0.1, 0.15) is 32.1 Å². The largest absolute Gasteiger partial charge is 1.00 e. The fourth-order valence-electron chi connectivity index (χ4n) is 3.12. The summed E-state index contributed by atoms with van der Waals surface area (Å²) in [6, 6.07) is 0.392. The number of likely N-dealkylation sites (tertiary alicyclic amines) is 1. The van der Waals surface area contributed by atoms with Crippen LogP contribution < -0.4 is 51.4 Å². The number of nitrogens with zero attached hydrogens (tertiary/aromatic N) is 1. The van der Waals surface area contributed by atoms with E-state index in [9.17, 15) is 12.9 Å². The Labute approximate surface area is 144 Å². The molecular formula is C11H18BF3KN. The molecule has 0 aromatic heterocycles. The average Bonchev–Trinajstić information content (AvgIpc) is 2.65. The van der Waals surface area contributed by atoms with Gasteiger partial charge in [0.15, 0.2) is 0 Å². The Morgan fingerprint density at radius 3 is 2.47 bits per heavy atom. The van der Waals surface area contributed by atoms with Gasteiger partial charge in [-0.1, -0.05) is 6.42 Å². The van der Waals surface area contributed by atoms with Crippen LogP contribution in [-0.4, -0.2) is 31.0 Å². The predicted molar refractivity (Wildman–Crippen MR) is 60.2 cm³/mol. The first-order valence-electron chi connectivity index (χ1n) is 6.10. The molecule has 92 valence electrons. The van der Waals surface area contributed by atoms with E-state index in [1.54, 1.807) is 0 Å². The molecule has 2 aliphatic rings. The fourth-order valence-corrected chi connectivity index (χ4v) is 3.12. The van der Waals surface area contributed by atoms with Gasteiger partial charge in [0.2, 0.25) is 0 Å². The maximum atomic E-state index is 12.5. The van der Waals surface area contributed by atoms with Crippen molar-refractivity contribution in [1.29, 1.82) is 0 Å². The summed E-state index contributed by atoms with van der Waals surface area (Å²) in [5, 5.41) is 0. The van der Waals surface area contributed by atoms with Crippen molar-refractivity contribution in [1.82, 2.24) is 4.90 Å². The summed E-state index contributed by atoms with van der Waals surface area (Å²) in [4.78, 5) is 2.01. The predicted octanol–water partition coefficient (Wildman–Crippen LogP) is 0.198. The van der Waals surface area contributed by atoms with Crippen molar-refractivity contribution in [2.24, 2.45) is 5.92 Å². The standard InChI is InChI=1S/C11H18BF3N.K/c1-9(12(13,14)15)8-16-7-3-5-10-4-2-6-11(10)16;/h10-11H,1-8H2;/q-1;+1. The summed E-state index contributed by atoms with van der Waals surface area (Å²) in [5.74, 6) is 0.641. The maximum Gasteiger partial charge on any atom is 1.00 e. The first kappa shape index (κ1) is 16.2. The summed E-state index contributed by atoms with van der Waals surface area (Å²) < 4.78 is 37.5. The molecule has 1 saturated heterocycles. The fraction of sp³-hybridized carbons (Fsp3) is 0.818. The van der Waals surface area contributed by atoms with Crippen LogP contribution >= 0.6 is 0 Å². The Morgan fingerprint density at radius 1 is 1.18 bits per heavy atom. The number of hydrogen-bond donors (Lipinski definition) is 0. The molecule has 1 heterocycles. The van der Waals surface area contributed by atoms with Crippen LogP contribution in [0.2, 0.25) is 0 Å². The Balaban J connectivity index is 0.00000144. The molecule has 1 saturated carbocycles. The minimum absolute atomic E-state index is 0. The molecule has 1 aliphatic heterocycles. The molecular weight excluding hydrogens is 253 g/mol. The zero-order valence-electron chi connectivity index (χ0n) is 10.5. The van der Waals surface area contributed by atoms with E-state index in [0.717, 1.165) is 19.4 Å². The van der Waals surface area contributed by atoms with Gasteiger partial charge in [0.05, 0.1) is 0 Å². The van der Waals surface area contributed by atoms with Gasteiger partial charge in [-0.25, -0.2) is 0 Å². The molecule has 2 unspecified atom stereocenters. The van der Waals surface area contributed by atoms with E-state index >= 15 is 0 Å². The molecule has 0 amide bonds. The van der Waals surface area contributed by atoms with Crippen LogP contribution in [0.25, 0.3) is 0 Å². The van der Waals surface area contributed by atoms with Crippen LogP contribution in [0.3, 0.4) is 0 Å². The summed E-state index contributed by atoms with van der Waals surface area (Å²) in [5.41, 5.74) is -0.535. The van der Waals surface area contributed by atoms with Crippen molar-refractivity contribution in [3.05, 3.63) is 12.1 Å². The first-order valence-corrected chi connectivity index (χ1v) is 6.10. The third-order valence-electron chi connectivity index (χ3n) is 3.98. The van der Waals surface area contributed by atoms with Gasteiger partial charge in [0.25, 0.3) is 0 Å². The zero-order valence-corrected chi connectivity index (χ0v) is 13.6. The molecule has 2 atom stereocenters. The molecule has 0 spiro atoms. The van der Waals surface area contributed by atoms with Gasteiger partial charge in [-0.15, -0.1) is 12.1 Å². The summed E-state index contributed by atoms with van der Waals surface area (Å²) >= 11 is 0. The normalized spacial score (nSPS) is 29.6. The van der Waals surface area contributed by atoms with Gasteiger partial charge in [-0.2, -0.15) is 0 Å². The molecule has 2 fully saturated rings. The summed E-state index contributed by atoms with van der Waals surface area (Å²) in [7, 11) is 0. The van der Waals surface area contributed by atoms with Gasteiger partial charge in [-0.05, 0) is 44.7 Å². The molecule has 6 heteroatoms. The SMILES string of the molecule is C=C(CN1CCCC2CCCC21)[B-](F)(F)F.[K+]. The number of fused-ring (bicyclic) bond motifs is 1. The van der Waals surface area contributed by atoms with E-state index in [1.807, 2.05) is 4.90 Å². The third-order valence-corrected chi connectivity index (χ3v) is 3.98. The quantitative estimate of drug-likeness (QED) is 0.663. The molecule has 0 aromatic carbocycles. The molecule has 0 bridgehead atoms. The summed E-state index contributed by atoms with van der Waals surface area (Å²) in [6.45, 7) is -0.818. The molecule has 0 radical (unpaired) electrons. The van der Waals surface area contributed by atoms with E-state index in [4.69, 9.17) is 0 Å². The number of rotatable bonds is 3. The Kier molecular flexibility index (Phi) is 6.28. The monoisotopic (exact) mass is 271 g/mol. The number of hydrogen-bond acceptors (Lipinski definition) is 1. The smallest absolute Gasteiger partial charge is 0.445 e. The third kappa shape index (κ3) is 4.08. The van der Waals surface area contributed by atoms with Gasteiger partial charge in [-0.3, -0.25) is 4.90 Å². The van der Waals surface area contributed by atoms with Crippen LogP contribution in [-0.2, 0) is 0 Å². The van der Waals surface area contributed by atoms with Crippen molar-refractivity contribution in [2.45, 2.75) is 38.1 Å². The maximum absolute atomic E-state index is 12.5. The number of halogens is 3. The van der Waals surface area contributed by atoms with E-state index in [1.165, 1.54) is 19.3 Å². The molecule has 17 heavy (non-hydrogen) atoms. The second-order valence-electron chi connectivity index (χ2n) is 5.10. The minimum Gasteiger partial charge on any atom is -0.445 e. The zero-order chi connectivity index (χ0) is 11.8. The molecule has 0 N–H and O–H groups in total. The van der Waals surface area contributed by atoms with E-state index in [0.29, 0.717) is 12.0 Å². The number of piperidine rings is 1. The Hall–Kier alpha value is 1.19. The van der Waals surface area contributed by atoms with Crippen molar-refractivity contribution < 1.29 is 64.3 Å². The van der Waals surface area contributed by atoms with E-state index < -0.39 is 12.4 Å². The molecule has 1 aliphatic carbocycles. The topological polar surface area (TPSA) is 3.24 Å². The molecule has 0 aromatic rings. The van der Waals surface area contributed by atoms with Crippen molar-refractivity contribution in [3.8, 4) is 0 Å². The average molecular weight is 271 g/mol. The van der Waals surface area contributed by atoms with Crippen LogP contribution in [0, 0.1) is 5.92 Å². The van der Waals surface area contributed by atoms with Gasteiger partial charge >= 0.3 is 58.4 Å². The first-order chi connectivity index (χ1) is 7.48. The second-order valence-corrected chi connectivity index (χ2v) is 5.10. The minimum atomic E-state index is -4.86. The van der Waals surface area contributed by atoms with Crippen molar-refractivity contribution >= 4 is 6.98 Å². The van der Waals surface area contributed by atoms with Gasteiger partial charge in [0.1, 0.15) is 0 Å². The summed E-state index contributed by atoms with van der Waals surface area (Å²) in [6.07, 6.45) is 5.69. The van der Waals surface area contributed by atoms with Crippen molar-refractivity contribution in [2.75, 3.05) is 13.1 Å². The Bertz CT molecular complexity index is 282. The molecule has 2 rings (SSSR count). The van der Waals surface area contributed by atoms with E-state index in [2.05, 4.69) is 6.58 Å². The van der Waals surface area contributed by atoms with Crippen LogP contribution in [0.4, 0.5) is 12.9 Å². The van der Waals surface area contributed by atoms with Gasteiger partial charge in [0, 0.05) is 6.04 Å². The van der Waals surface area contributed by atoms with Crippen molar-refractivity contribution in [3.63, 3.8) is 0 Å².